The Labute approximate surface area is 121 Å². The lowest BCUT2D eigenvalue weighted by Crippen LogP contribution is -2.09. The fourth-order valence-electron chi connectivity index (χ4n) is 2.25. The quantitative estimate of drug-likeness (QED) is 0.909. The number of nitriles is 1. The molecule has 1 aromatic heterocycles. The van der Waals surface area contributed by atoms with Gasteiger partial charge in [-0.25, -0.2) is 0 Å². The summed E-state index contributed by atoms with van der Waals surface area (Å²) in [5, 5.41) is 23.0. The van der Waals surface area contributed by atoms with E-state index in [2.05, 4.69) is 11.4 Å². The summed E-state index contributed by atoms with van der Waals surface area (Å²) in [6, 6.07) is 9.45. The Morgan fingerprint density at radius 1 is 1.40 bits per heavy atom. The van der Waals surface area contributed by atoms with Gasteiger partial charge in [0.1, 0.15) is 22.4 Å². The van der Waals surface area contributed by atoms with Gasteiger partial charge in [-0.1, -0.05) is 0 Å². The van der Waals surface area contributed by atoms with Crippen LogP contribution in [0.4, 0.5) is 5.00 Å². The lowest BCUT2D eigenvalue weighted by Gasteiger charge is -2.19. The first kappa shape index (κ1) is 12.8. The van der Waals surface area contributed by atoms with Crippen molar-refractivity contribution < 1.29 is 9.84 Å². The SMILES string of the molecule is N#Cc1ccc(NCc2cc3c(cc2O)CCCO3)s1. The Morgan fingerprint density at radius 3 is 3.10 bits per heavy atom. The van der Waals surface area contributed by atoms with Crippen LogP contribution in [0, 0.1) is 11.3 Å². The first-order chi connectivity index (χ1) is 9.76. The van der Waals surface area contributed by atoms with E-state index in [4.69, 9.17) is 10.00 Å². The van der Waals surface area contributed by atoms with Crippen LogP contribution in [0.1, 0.15) is 22.4 Å². The van der Waals surface area contributed by atoms with E-state index in [1.54, 1.807) is 12.1 Å². The molecule has 0 amide bonds. The molecule has 0 radical (unpaired) electrons. The molecule has 0 spiro atoms. The van der Waals surface area contributed by atoms with E-state index >= 15 is 0 Å². The lowest BCUT2D eigenvalue weighted by molar-refractivity contribution is 0.287. The molecule has 0 atom stereocenters. The molecule has 0 unspecified atom stereocenters. The molecule has 4 nitrogen and oxygen atoms in total. The third-order valence-electron chi connectivity index (χ3n) is 3.28. The van der Waals surface area contributed by atoms with Crippen molar-refractivity contribution in [3.05, 3.63) is 40.3 Å². The highest BCUT2D eigenvalue weighted by Gasteiger charge is 2.14. The van der Waals surface area contributed by atoms with E-state index in [9.17, 15) is 5.11 Å². The fourth-order valence-corrected chi connectivity index (χ4v) is 2.94. The summed E-state index contributed by atoms with van der Waals surface area (Å²) in [5.74, 6) is 1.16. The van der Waals surface area contributed by atoms with Crippen molar-refractivity contribution in [1.82, 2.24) is 0 Å². The normalized spacial score (nSPS) is 13.2. The van der Waals surface area contributed by atoms with Crippen molar-refractivity contribution in [2.45, 2.75) is 19.4 Å². The first-order valence-corrected chi connectivity index (χ1v) is 7.29. The Morgan fingerprint density at radius 2 is 2.30 bits per heavy atom. The topological polar surface area (TPSA) is 65.3 Å². The maximum absolute atomic E-state index is 10.1. The molecule has 2 aromatic rings. The van der Waals surface area contributed by atoms with Gasteiger partial charge in [0, 0.05) is 12.1 Å². The predicted molar refractivity (Wildman–Crippen MR) is 78.3 cm³/mol. The van der Waals surface area contributed by atoms with Gasteiger partial charge in [0.05, 0.1) is 11.6 Å². The highest BCUT2D eigenvalue weighted by atomic mass is 32.1. The highest BCUT2D eigenvalue weighted by Crippen LogP contribution is 2.32. The summed E-state index contributed by atoms with van der Waals surface area (Å²) in [4.78, 5) is 0.672. The fraction of sp³-hybridized carbons (Fsp3) is 0.267. The molecule has 1 aromatic carbocycles. The number of rotatable bonds is 3. The maximum Gasteiger partial charge on any atom is 0.123 e. The standard InChI is InChI=1S/C15H14N2O2S/c16-8-12-3-4-15(20-12)17-9-11-7-14-10(6-13(11)18)2-1-5-19-14/h3-4,6-7,17-18H,1-2,5,9H2. The molecule has 2 heterocycles. The van der Waals surface area contributed by atoms with Gasteiger partial charge in [-0.05, 0) is 42.7 Å². The number of aromatic hydroxyl groups is 1. The number of hydrogen-bond donors (Lipinski definition) is 2. The second-order valence-corrected chi connectivity index (χ2v) is 5.75. The smallest absolute Gasteiger partial charge is 0.123 e. The molecule has 2 N–H and O–H groups in total. The number of nitrogens with one attached hydrogen (secondary N) is 1. The van der Waals surface area contributed by atoms with Crippen molar-refractivity contribution >= 4 is 16.3 Å². The number of hydrogen-bond acceptors (Lipinski definition) is 5. The number of anilines is 1. The number of thiophene rings is 1. The highest BCUT2D eigenvalue weighted by molar-refractivity contribution is 7.16. The Bertz CT molecular complexity index is 673. The van der Waals surface area contributed by atoms with E-state index < -0.39 is 0 Å². The maximum atomic E-state index is 10.1. The molecule has 0 aliphatic carbocycles. The Kier molecular flexibility index (Phi) is 3.48. The van der Waals surface area contributed by atoms with Crippen LogP contribution < -0.4 is 10.1 Å². The molecule has 5 heteroatoms. The van der Waals surface area contributed by atoms with Crippen LogP contribution in [-0.4, -0.2) is 11.7 Å². The van der Waals surface area contributed by atoms with E-state index in [0.29, 0.717) is 17.2 Å². The van der Waals surface area contributed by atoms with Crippen molar-refractivity contribution in [3.63, 3.8) is 0 Å². The Hall–Kier alpha value is -2.19. The van der Waals surface area contributed by atoms with Gasteiger partial charge in [0.15, 0.2) is 0 Å². The number of ether oxygens (including phenoxy) is 1. The third kappa shape index (κ3) is 2.56. The number of phenolic OH excluding ortho intramolecular Hbond substituents is 1. The van der Waals surface area contributed by atoms with Crippen LogP contribution in [0.5, 0.6) is 11.5 Å². The number of nitrogens with zero attached hydrogens (tertiary/aromatic N) is 1. The number of aryl methyl sites for hydroxylation is 1. The molecule has 0 saturated heterocycles. The van der Waals surface area contributed by atoms with Gasteiger partial charge in [-0.2, -0.15) is 5.26 Å². The lowest BCUT2D eigenvalue weighted by atomic mass is 10.0. The molecule has 0 bridgehead atoms. The van der Waals surface area contributed by atoms with E-state index in [-0.39, 0.29) is 0 Å². The van der Waals surface area contributed by atoms with Gasteiger partial charge in [0.2, 0.25) is 0 Å². The van der Waals surface area contributed by atoms with Crippen LogP contribution in [0.3, 0.4) is 0 Å². The van der Waals surface area contributed by atoms with Crippen LogP contribution >= 0.6 is 11.3 Å². The zero-order chi connectivity index (χ0) is 13.9. The number of phenols is 1. The van der Waals surface area contributed by atoms with Gasteiger partial charge >= 0.3 is 0 Å². The summed E-state index contributed by atoms with van der Waals surface area (Å²) in [7, 11) is 0. The minimum absolute atomic E-state index is 0.291. The van der Waals surface area contributed by atoms with Crippen LogP contribution in [0.15, 0.2) is 24.3 Å². The van der Waals surface area contributed by atoms with Gasteiger partial charge in [0.25, 0.3) is 0 Å². The first-order valence-electron chi connectivity index (χ1n) is 6.47. The van der Waals surface area contributed by atoms with Gasteiger partial charge in [-0.15, -0.1) is 11.3 Å². The summed E-state index contributed by atoms with van der Waals surface area (Å²) in [6.07, 6.45) is 1.95. The minimum Gasteiger partial charge on any atom is -0.508 e. The molecule has 20 heavy (non-hydrogen) atoms. The summed E-state index contributed by atoms with van der Waals surface area (Å²) in [6.45, 7) is 1.24. The number of benzene rings is 1. The van der Waals surface area contributed by atoms with Crippen LogP contribution in [0.25, 0.3) is 0 Å². The second-order valence-electron chi connectivity index (χ2n) is 4.67. The van der Waals surface area contributed by atoms with Crippen molar-refractivity contribution in [3.8, 4) is 17.6 Å². The summed E-state index contributed by atoms with van der Waals surface area (Å²) < 4.78 is 5.61. The summed E-state index contributed by atoms with van der Waals surface area (Å²) in [5.41, 5.74) is 1.87. The average Bonchev–Trinajstić information content (AvgIpc) is 2.93. The zero-order valence-corrected chi connectivity index (χ0v) is 11.7. The monoisotopic (exact) mass is 286 g/mol. The molecule has 1 aliphatic heterocycles. The van der Waals surface area contributed by atoms with Crippen LogP contribution in [-0.2, 0) is 13.0 Å². The third-order valence-corrected chi connectivity index (χ3v) is 4.23. The van der Waals surface area contributed by atoms with Crippen LogP contribution in [0.2, 0.25) is 0 Å². The summed E-state index contributed by atoms with van der Waals surface area (Å²) >= 11 is 1.40. The van der Waals surface area contributed by atoms with E-state index in [1.165, 1.54) is 11.3 Å². The minimum atomic E-state index is 0.291. The molecule has 0 fully saturated rings. The molecule has 3 rings (SSSR count). The van der Waals surface area contributed by atoms with Crippen molar-refractivity contribution in [1.29, 1.82) is 5.26 Å². The molecule has 102 valence electrons. The van der Waals surface area contributed by atoms with Crippen molar-refractivity contribution in [2.24, 2.45) is 0 Å². The molecule has 1 aliphatic rings. The zero-order valence-electron chi connectivity index (χ0n) is 10.8. The van der Waals surface area contributed by atoms with Gasteiger partial charge < -0.3 is 15.2 Å². The van der Waals surface area contributed by atoms with Gasteiger partial charge in [-0.3, -0.25) is 0 Å². The molecule has 0 saturated carbocycles. The largest absolute Gasteiger partial charge is 0.508 e. The Balaban J connectivity index is 1.75. The molecular formula is C15H14N2O2S. The van der Waals surface area contributed by atoms with E-state index in [0.717, 1.165) is 41.3 Å². The second kappa shape index (κ2) is 5.43. The molecular weight excluding hydrogens is 272 g/mol. The van der Waals surface area contributed by atoms with E-state index in [1.807, 2.05) is 12.1 Å². The average molecular weight is 286 g/mol. The van der Waals surface area contributed by atoms with Crippen molar-refractivity contribution in [2.75, 3.05) is 11.9 Å². The number of fused-ring (bicyclic) bond motifs is 1. The predicted octanol–water partition coefficient (Wildman–Crippen LogP) is 3.26.